The van der Waals surface area contributed by atoms with Crippen molar-refractivity contribution in [3.05, 3.63) is 66.5 Å². The predicted molar refractivity (Wildman–Crippen MR) is 153 cm³/mol. The minimum absolute atomic E-state index is 0.328. The Labute approximate surface area is 211 Å². The second kappa shape index (κ2) is 15.2. The molecule has 0 N–H and O–H groups in total. The van der Waals surface area contributed by atoms with Crippen molar-refractivity contribution in [1.82, 2.24) is 0 Å². The van der Waals surface area contributed by atoms with Crippen LogP contribution in [0.3, 0.4) is 0 Å². The standard InChI is InChI=1S/C29H48O3Si2/c1-9-31-28(30)22-21-27(32-24-25(8)26-19-17-16-18-20-26)23-29(33(10-2,11-3)12-4)34(13-5,14-6)15-7/h16-23,29H,8-15,24H2,1-7H3/b22-21+,27-23+. The van der Waals surface area contributed by atoms with Gasteiger partial charge in [-0.05, 0) is 35.4 Å². The van der Waals surface area contributed by atoms with Crippen LogP contribution >= 0.6 is 0 Å². The largest absolute Gasteiger partial charge is 0.489 e. The van der Waals surface area contributed by atoms with E-state index in [1.807, 2.05) is 31.2 Å². The fourth-order valence-corrected chi connectivity index (χ4v) is 21.0. The van der Waals surface area contributed by atoms with Gasteiger partial charge < -0.3 is 9.47 Å². The van der Waals surface area contributed by atoms with E-state index in [2.05, 4.69) is 66.3 Å². The molecule has 0 saturated carbocycles. The minimum Gasteiger partial charge on any atom is -0.489 e. The zero-order valence-electron chi connectivity index (χ0n) is 22.8. The van der Waals surface area contributed by atoms with Crippen LogP contribution in [0.15, 0.2) is 60.9 Å². The summed E-state index contributed by atoms with van der Waals surface area (Å²) >= 11 is 0. The highest BCUT2D eigenvalue weighted by Crippen LogP contribution is 2.46. The number of ether oxygens (including phenoxy) is 2. The van der Waals surface area contributed by atoms with Gasteiger partial charge in [0.15, 0.2) is 0 Å². The first-order chi connectivity index (χ1) is 16.3. The molecule has 34 heavy (non-hydrogen) atoms. The van der Waals surface area contributed by atoms with E-state index in [-0.39, 0.29) is 5.97 Å². The SMILES string of the molecule is C=C(COC(/C=C/C(=O)OCC)=C/C([Si](CC)(CC)CC)[Si](CC)(CC)CC)c1ccccc1. The van der Waals surface area contributed by atoms with Crippen LogP contribution in [-0.4, -0.2) is 35.3 Å². The summed E-state index contributed by atoms with van der Waals surface area (Å²) in [5.41, 5.74) is 2.01. The van der Waals surface area contributed by atoms with Crippen molar-refractivity contribution in [2.45, 2.75) is 89.9 Å². The Bertz CT molecular complexity index is 769. The molecule has 0 fully saturated rings. The lowest BCUT2D eigenvalue weighted by molar-refractivity contribution is -0.137. The maximum Gasteiger partial charge on any atom is 0.330 e. The third-order valence-electron chi connectivity index (χ3n) is 8.14. The number of benzene rings is 1. The van der Waals surface area contributed by atoms with Gasteiger partial charge in [-0.3, -0.25) is 0 Å². The molecule has 0 unspecified atom stereocenters. The molecule has 0 aliphatic carbocycles. The van der Waals surface area contributed by atoms with Gasteiger partial charge in [0.1, 0.15) is 12.4 Å². The molecule has 1 aromatic carbocycles. The van der Waals surface area contributed by atoms with E-state index in [4.69, 9.17) is 9.47 Å². The zero-order valence-corrected chi connectivity index (χ0v) is 24.8. The fraction of sp³-hybridized carbons (Fsp3) is 0.552. The number of rotatable bonds is 16. The molecule has 0 saturated heterocycles. The Kier molecular flexibility index (Phi) is 13.5. The van der Waals surface area contributed by atoms with Gasteiger partial charge in [-0.25, -0.2) is 4.79 Å². The van der Waals surface area contributed by atoms with E-state index >= 15 is 0 Å². The Morgan fingerprint density at radius 1 is 0.824 bits per heavy atom. The van der Waals surface area contributed by atoms with E-state index < -0.39 is 16.1 Å². The van der Waals surface area contributed by atoms with E-state index in [0.29, 0.717) is 18.4 Å². The van der Waals surface area contributed by atoms with Crippen molar-refractivity contribution >= 4 is 27.7 Å². The number of esters is 1. The van der Waals surface area contributed by atoms with Gasteiger partial charge in [0.2, 0.25) is 0 Å². The molecule has 0 aromatic heterocycles. The van der Waals surface area contributed by atoms with Gasteiger partial charge in [-0.2, -0.15) is 0 Å². The Balaban J connectivity index is 3.50. The fourth-order valence-electron chi connectivity index (χ4n) is 5.41. The molecule has 0 bridgehead atoms. The maximum atomic E-state index is 12.1. The van der Waals surface area contributed by atoms with Crippen molar-refractivity contribution in [3.63, 3.8) is 0 Å². The second-order valence-electron chi connectivity index (χ2n) is 9.24. The second-order valence-corrected chi connectivity index (χ2v) is 20.7. The van der Waals surface area contributed by atoms with Crippen LogP contribution in [0.1, 0.15) is 54.0 Å². The highest BCUT2D eigenvalue weighted by atomic mass is 28.4. The first kappa shape index (κ1) is 30.2. The van der Waals surface area contributed by atoms with Crippen LogP contribution < -0.4 is 0 Å². The Hall–Kier alpha value is -1.86. The lowest BCUT2D eigenvalue weighted by Crippen LogP contribution is -2.52. The quantitative estimate of drug-likeness (QED) is 0.0749. The van der Waals surface area contributed by atoms with Crippen molar-refractivity contribution in [1.29, 1.82) is 0 Å². The third kappa shape index (κ3) is 7.84. The summed E-state index contributed by atoms with van der Waals surface area (Å²) in [4.78, 5) is 12.1. The average molecular weight is 501 g/mol. The van der Waals surface area contributed by atoms with Gasteiger partial charge in [0, 0.05) is 6.08 Å². The van der Waals surface area contributed by atoms with E-state index in [1.54, 1.807) is 0 Å². The minimum atomic E-state index is -1.57. The number of carbonyl (C=O) groups is 1. The van der Waals surface area contributed by atoms with Crippen LogP contribution in [0, 0.1) is 0 Å². The summed E-state index contributed by atoms with van der Waals surface area (Å²) in [5, 5.41) is 0.604. The van der Waals surface area contributed by atoms with E-state index in [0.717, 1.165) is 16.9 Å². The maximum absolute atomic E-state index is 12.1. The molecule has 5 heteroatoms. The molecule has 0 atom stereocenters. The third-order valence-corrected chi connectivity index (χ3v) is 23.2. The van der Waals surface area contributed by atoms with Crippen molar-refractivity contribution in [3.8, 4) is 0 Å². The summed E-state index contributed by atoms with van der Waals surface area (Å²) in [6.07, 6.45) is 5.76. The van der Waals surface area contributed by atoms with Crippen molar-refractivity contribution in [2.24, 2.45) is 0 Å². The molecule has 3 nitrogen and oxygen atoms in total. The Morgan fingerprint density at radius 2 is 1.32 bits per heavy atom. The average Bonchev–Trinajstić information content (AvgIpc) is 2.88. The molecule has 0 aliphatic heterocycles. The highest BCUT2D eigenvalue weighted by Gasteiger charge is 2.47. The zero-order chi connectivity index (χ0) is 25.6. The lowest BCUT2D eigenvalue weighted by Gasteiger charge is -2.47. The summed E-state index contributed by atoms with van der Waals surface area (Å²) < 4.78 is 11.5. The summed E-state index contributed by atoms with van der Waals surface area (Å²) in [6, 6.07) is 17.8. The van der Waals surface area contributed by atoms with Gasteiger partial charge in [-0.15, -0.1) is 0 Å². The molecular weight excluding hydrogens is 452 g/mol. The molecule has 0 heterocycles. The first-order valence-electron chi connectivity index (χ1n) is 13.2. The number of hydrogen-bond donors (Lipinski definition) is 0. The molecule has 0 radical (unpaired) electrons. The van der Waals surface area contributed by atoms with Crippen LogP contribution in [0.25, 0.3) is 5.57 Å². The molecule has 1 rings (SSSR count). The molecule has 0 amide bonds. The molecule has 1 aromatic rings. The number of allylic oxidation sites excluding steroid dienone is 2. The predicted octanol–water partition coefficient (Wildman–Crippen LogP) is 8.65. The first-order valence-corrected chi connectivity index (χ1v) is 18.6. The molecular formula is C29H48O3Si2. The van der Waals surface area contributed by atoms with E-state index in [9.17, 15) is 4.79 Å². The van der Waals surface area contributed by atoms with E-state index in [1.165, 1.54) is 42.3 Å². The van der Waals surface area contributed by atoms with Gasteiger partial charge in [0.05, 0.1) is 22.8 Å². The monoisotopic (exact) mass is 500 g/mol. The number of carbonyl (C=O) groups excluding carboxylic acids is 1. The highest BCUT2D eigenvalue weighted by molar-refractivity contribution is 7.00. The van der Waals surface area contributed by atoms with Gasteiger partial charge in [0.25, 0.3) is 0 Å². The van der Waals surface area contributed by atoms with Crippen LogP contribution in [0.5, 0.6) is 0 Å². The molecule has 0 spiro atoms. The van der Waals surface area contributed by atoms with Crippen LogP contribution in [-0.2, 0) is 14.3 Å². The van der Waals surface area contributed by atoms with Crippen molar-refractivity contribution < 1.29 is 14.3 Å². The van der Waals surface area contributed by atoms with Crippen molar-refractivity contribution in [2.75, 3.05) is 13.2 Å². The van der Waals surface area contributed by atoms with Crippen LogP contribution in [0.4, 0.5) is 0 Å². The summed E-state index contributed by atoms with van der Waals surface area (Å²) in [6.45, 7) is 21.2. The topological polar surface area (TPSA) is 35.5 Å². The normalized spacial score (nSPS) is 12.9. The summed E-state index contributed by atoms with van der Waals surface area (Å²) in [5.74, 6) is 0.458. The Morgan fingerprint density at radius 3 is 1.76 bits per heavy atom. The smallest absolute Gasteiger partial charge is 0.330 e. The molecule has 0 aliphatic rings. The van der Waals surface area contributed by atoms with Gasteiger partial charge in [-0.1, -0.05) is 115 Å². The van der Waals surface area contributed by atoms with Crippen LogP contribution in [0.2, 0.25) is 41.4 Å². The van der Waals surface area contributed by atoms with Gasteiger partial charge >= 0.3 is 5.97 Å². The summed E-state index contributed by atoms with van der Waals surface area (Å²) in [7, 11) is -3.13. The number of hydrogen-bond acceptors (Lipinski definition) is 3. The lowest BCUT2D eigenvalue weighted by atomic mass is 10.1. The molecule has 190 valence electrons.